The average Bonchev–Trinajstić information content (AvgIpc) is 2.66. The summed E-state index contributed by atoms with van der Waals surface area (Å²) in [6.45, 7) is 5.53. The molecular weight excluding hydrogens is 433 g/mol. The van der Waals surface area contributed by atoms with Gasteiger partial charge in [0.15, 0.2) is 0 Å². The Morgan fingerprint density at radius 2 is 1.81 bits per heavy atom. The SMILES string of the molecule is CCS(=O)(=O)Oc1cccc(CN(CC(C)C)C(=O)Nc2ccccc2C(F)(F)F)c1. The number of nitrogens with one attached hydrogen (secondary N) is 1. The number of halogens is 3. The molecule has 0 aliphatic heterocycles. The minimum Gasteiger partial charge on any atom is -0.382 e. The molecule has 10 heteroatoms. The molecule has 0 spiro atoms. The Labute approximate surface area is 180 Å². The second-order valence-electron chi connectivity index (χ2n) is 7.32. The van der Waals surface area contributed by atoms with Gasteiger partial charge in [-0.05, 0) is 42.7 Å². The van der Waals surface area contributed by atoms with Crippen LogP contribution in [-0.4, -0.2) is 31.6 Å². The van der Waals surface area contributed by atoms with Crippen LogP contribution >= 0.6 is 0 Å². The molecule has 1 N–H and O–H groups in total. The second kappa shape index (κ2) is 10.0. The summed E-state index contributed by atoms with van der Waals surface area (Å²) >= 11 is 0. The first-order chi connectivity index (χ1) is 14.4. The van der Waals surface area contributed by atoms with Crippen molar-refractivity contribution in [1.82, 2.24) is 4.90 Å². The van der Waals surface area contributed by atoms with Gasteiger partial charge in [0.2, 0.25) is 0 Å². The van der Waals surface area contributed by atoms with Crippen molar-refractivity contribution < 1.29 is 30.6 Å². The van der Waals surface area contributed by atoms with E-state index in [0.29, 0.717) is 5.56 Å². The van der Waals surface area contributed by atoms with Crippen molar-refractivity contribution in [2.45, 2.75) is 33.5 Å². The lowest BCUT2D eigenvalue weighted by molar-refractivity contribution is -0.136. The van der Waals surface area contributed by atoms with Gasteiger partial charge >= 0.3 is 22.3 Å². The molecule has 2 aromatic carbocycles. The number of hydrogen-bond donors (Lipinski definition) is 1. The van der Waals surface area contributed by atoms with Gasteiger partial charge in [-0.15, -0.1) is 0 Å². The number of anilines is 1. The maximum absolute atomic E-state index is 13.2. The number of amides is 2. The van der Waals surface area contributed by atoms with E-state index in [4.69, 9.17) is 4.18 Å². The predicted octanol–water partition coefficient (Wildman–Crippen LogP) is 5.12. The number of carbonyl (C=O) groups is 1. The van der Waals surface area contributed by atoms with Gasteiger partial charge < -0.3 is 14.4 Å². The van der Waals surface area contributed by atoms with Crippen LogP contribution < -0.4 is 9.50 Å². The van der Waals surface area contributed by atoms with Crippen molar-refractivity contribution in [2.75, 3.05) is 17.6 Å². The third-order valence-electron chi connectivity index (χ3n) is 4.20. The zero-order valence-corrected chi connectivity index (χ0v) is 18.3. The van der Waals surface area contributed by atoms with Crippen molar-refractivity contribution in [3.8, 4) is 5.75 Å². The molecule has 0 radical (unpaired) electrons. The molecule has 2 amide bonds. The normalized spacial score (nSPS) is 12.0. The summed E-state index contributed by atoms with van der Waals surface area (Å²) in [6.07, 6.45) is -4.61. The molecule has 2 rings (SSSR count). The highest BCUT2D eigenvalue weighted by molar-refractivity contribution is 7.87. The third-order valence-corrected chi connectivity index (χ3v) is 5.35. The van der Waals surface area contributed by atoms with E-state index in [1.165, 1.54) is 42.2 Å². The summed E-state index contributed by atoms with van der Waals surface area (Å²) in [5.74, 6) is -0.0484. The second-order valence-corrected chi connectivity index (χ2v) is 9.18. The molecule has 0 unspecified atom stereocenters. The van der Waals surface area contributed by atoms with Crippen LogP contribution in [0.3, 0.4) is 0 Å². The van der Waals surface area contributed by atoms with Crippen molar-refractivity contribution in [1.29, 1.82) is 0 Å². The molecule has 2 aromatic rings. The molecule has 0 aliphatic carbocycles. The van der Waals surface area contributed by atoms with Gasteiger partial charge in [0.1, 0.15) is 5.75 Å². The summed E-state index contributed by atoms with van der Waals surface area (Å²) in [5.41, 5.74) is -0.698. The Balaban J connectivity index is 2.24. The van der Waals surface area contributed by atoms with Crippen molar-refractivity contribution in [3.63, 3.8) is 0 Å². The fourth-order valence-corrected chi connectivity index (χ4v) is 3.33. The average molecular weight is 459 g/mol. The van der Waals surface area contributed by atoms with E-state index in [0.717, 1.165) is 6.07 Å². The van der Waals surface area contributed by atoms with Gasteiger partial charge in [-0.25, -0.2) is 4.79 Å². The molecule has 0 heterocycles. The van der Waals surface area contributed by atoms with Crippen molar-refractivity contribution in [3.05, 3.63) is 59.7 Å². The maximum atomic E-state index is 13.2. The fraction of sp³-hybridized carbons (Fsp3) is 0.381. The van der Waals surface area contributed by atoms with Crippen LogP contribution in [0.25, 0.3) is 0 Å². The number of para-hydroxylation sites is 1. The quantitative estimate of drug-likeness (QED) is 0.557. The molecule has 0 saturated carbocycles. The Hall–Kier alpha value is -2.75. The Bertz CT molecular complexity index is 1010. The lowest BCUT2D eigenvalue weighted by atomic mass is 10.1. The molecule has 0 aliphatic rings. The highest BCUT2D eigenvalue weighted by Gasteiger charge is 2.34. The zero-order chi connectivity index (χ0) is 23.2. The summed E-state index contributed by atoms with van der Waals surface area (Å²) in [5, 5.41) is 2.34. The topological polar surface area (TPSA) is 75.7 Å². The summed E-state index contributed by atoms with van der Waals surface area (Å²) < 4.78 is 68.1. The Morgan fingerprint density at radius 3 is 2.42 bits per heavy atom. The number of rotatable bonds is 8. The van der Waals surface area contributed by atoms with Crippen LogP contribution in [-0.2, 0) is 22.8 Å². The van der Waals surface area contributed by atoms with Crippen LogP contribution in [0.5, 0.6) is 5.75 Å². The van der Waals surface area contributed by atoms with Crippen LogP contribution in [0, 0.1) is 5.92 Å². The summed E-state index contributed by atoms with van der Waals surface area (Å²) in [4.78, 5) is 14.2. The smallest absolute Gasteiger partial charge is 0.382 e. The minimum atomic E-state index is -4.61. The molecule has 0 bridgehead atoms. The fourth-order valence-electron chi connectivity index (χ4n) is 2.82. The number of alkyl halides is 3. The van der Waals surface area contributed by atoms with Crippen molar-refractivity contribution in [2.24, 2.45) is 5.92 Å². The van der Waals surface area contributed by atoms with Crippen LogP contribution in [0.2, 0.25) is 0 Å². The van der Waals surface area contributed by atoms with E-state index in [1.54, 1.807) is 12.1 Å². The molecule has 0 fully saturated rings. The zero-order valence-electron chi connectivity index (χ0n) is 17.4. The van der Waals surface area contributed by atoms with E-state index in [-0.39, 0.29) is 36.2 Å². The van der Waals surface area contributed by atoms with Gasteiger partial charge in [0.25, 0.3) is 0 Å². The first-order valence-corrected chi connectivity index (χ1v) is 11.2. The van der Waals surface area contributed by atoms with Gasteiger partial charge in [-0.3, -0.25) is 0 Å². The van der Waals surface area contributed by atoms with Gasteiger partial charge in [-0.2, -0.15) is 21.6 Å². The molecule has 0 aromatic heterocycles. The Kier molecular flexibility index (Phi) is 7.94. The van der Waals surface area contributed by atoms with Crippen LogP contribution in [0.15, 0.2) is 48.5 Å². The van der Waals surface area contributed by atoms with Gasteiger partial charge in [-0.1, -0.05) is 38.1 Å². The highest BCUT2D eigenvalue weighted by atomic mass is 32.2. The molecule has 0 saturated heterocycles. The number of hydrogen-bond acceptors (Lipinski definition) is 4. The monoisotopic (exact) mass is 458 g/mol. The largest absolute Gasteiger partial charge is 0.418 e. The lowest BCUT2D eigenvalue weighted by Crippen LogP contribution is -2.37. The van der Waals surface area contributed by atoms with E-state index in [1.807, 2.05) is 13.8 Å². The van der Waals surface area contributed by atoms with Crippen LogP contribution in [0.4, 0.5) is 23.7 Å². The Morgan fingerprint density at radius 1 is 1.13 bits per heavy atom. The van der Waals surface area contributed by atoms with Crippen molar-refractivity contribution >= 4 is 21.8 Å². The van der Waals surface area contributed by atoms with Gasteiger partial charge in [0.05, 0.1) is 17.0 Å². The predicted molar refractivity (Wildman–Crippen MR) is 112 cm³/mol. The molecule has 0 atom stereocenters. The summed E-state index contributed by atoms with van der Waals surface area (Å²) in [6, 6.07) is 10.3. The van der Waals surface area contributed by atoms with E-state index in [2.05, 4.69) is 5.32 Å². The molecule has 6 nitrogen and oxygen atoms in total. The van der Waals surface area contributed by atoms with Crippen LogP contribution in [0.1, 0.15) is 31.9 Å². The summed E-state index contributed by atoms with van der Waals surface area (Å²) in [7, 11) is -3.71. The maximum Gasteiger partial charge on any atom is 0.418 e. The number of benzene rings is 2. The first kappa shape index (κ1) is 24.5. The lowest BCUT2D eigenvalue weighted by Gasteiger charge is -2.26. The number of urea groups is 1. The highest BCUT2D eigenvalue weighted by Crippen LogP contribution is 2.34. The third kappa shape index (κ3) is 7.46. The minimum absolute atomic E-state index is 0.0449. The van der Waals surface area contributed by atoms with Gasteiger partial charge in [0, 0.05) is 13.1 Å². The molecular formula is C21H25F3N2O4S. The molecule has 170 valence electrons. The first-order valence-electron chi connectivity index (χ1n) is 9.64. The molecule has 31 heavy (non-hydrogen) atoms. The number of nitrogens with zero attached hydrogens (tertiary/aromatic N) is 1. The van der Waals surface area contributed by atoms with E-state index in [9.17, 15) is 26.4 Å². The standard InChI is InChI=1S/C21H25F3N2O4S/c1-4-31(28,29)30-17-9-7-8-16(12-17)14-26(13-15(2)3)20(27)25-19-11-6-5-10-18(19)21(22,23)24/h5-12,15H,4,13-14H2,1-3H3,(H,25,27). The van der Waals surface area contributed by atoms with E-state index < -0.39 is 27.9 Å². The number of carbonyl (C=O) groups excluding carboxylic acids is 1. The van der Waals surface area contributed by atoms with E-state index >= 15 is 0 Å².